The molecule has 4 rings (SSSR count). The van der Waals surface area contributed by atoms with Crippen molar-refractivity contribution in [1.82, 2.24) is 10.2 Å². The Bertz CT molecular complexity index is 1120. The molecule has 3 amide bonds. The van der Waals surface area contributed by atoms with Crippen LogP contribution < -0.4 is 16.4 Å². The van der Waals surface area contributed by atoms with E-state index in [1.54, 1.807) is 30.5 Å². The second kappa shape index (κ2) is 10.8. The van der Waals surface area contributed by atoms with Crippen molar-refractivity contribution in [2.75, 3.05) is 11.9 Å². The number of primary amides is 1. The molecule has 0 radical (unpaired) electrons. The number of nitrogens with two attached hydrogens (primary N) is 1. The maximum absolute atomic E-state index is 12.5. The number of anilines is 1. The first-order chi connectivity index (χ1) is 16.5. The summed E-state index contributed by atoms with van der Waals surface area (Å²) in [6, 6.07) is 18.1. The molecule has 0 atom stereocenters. The SMILES string of the molecule is NC(=O)c1ccc(NC(=O)CCN(Cc2ccc(C(=O)NC3CC3)cc2)Cc2ccco2)cc1. The Kier molecular flexibility index (Phi) is 7.39. The lowest BCUT2D eigenvalue weighted by Gasteiger charge is -2.21. The van der Waals surface area contributed by atoms with Crippen LogP contribution in [0, 0.1) is 0 Å². The molecule has 34 heavy (non-hydrogen) atoms. The van der Waals surface area contributed by atoms with Crippen molar-refractivity contribution < 1.29 is 18.8 Å². The lowest BCUT2D eigenvalue weighted by molar-refractivity contribution is -0.116. The Morgan fingerprint density at radius 3 is 2.26 bits per heavy atom. The first-order valence-corrected chi connectivity index (χ1v) is 11.3. The quantitative estimate of drug-likeness (QED) is 0.406. The van der Waals surface area contributed by atoms with E-state index in [4.69, 9.17) is 10.2 Å². The number of nitrogens with zero attached hydrogens (tertiary/aromatic N) is 1. The summed E-state index contributed by atoms with van der Waals surface area (Å²) in [7, 11) is 0. The molecular weight excluding hydrogens is 432 g/mol. The molecule has 8 heteroatoms. The molecule has 2 aromatic carbocycles. The van der Waals surface area contributed by atoms with Crippen LogP contribution in [0.15, 0.2) is 71.3 Å². The Labute approximate surface area is 198 Å². The summed E-state index contributed by atoms with van der Waals surface area (Å²) < 4.78 is 5.50. The smallest absolute Gasteiger partial charge is 0.251 e. The van der Waals surface area contributed by atoms with Crippen molar-refractivity contribution in [2.45, 2.75) is 38.4 Å². The molecule has 0 bridgehead atoms. The first kappa shape index (κ1) is 23.3. The summed E-state index contributed by atoms with van der Waals surface area (Å²) in [4.78, 5) is 38.0. The molecule has 1 aliphatic rings. The van der Waals surface area contributed by atoms with Crippen LogP contribution in [-0.4, -0.2) is 35.2 Å². The molecule has 0 saturated heterocycles. The molecule has 0 aliphatic heterocycles. The van der Waals surface area contributed by atoms with Gasteiger partial charge in [-0.2, -0.15) is 0 Å². The minimum absolute atomic E-state index is 0.0398. The van der Waals surface area contributed by atoms with Gasteiger partial charge in [0.05, 0.1) is 12.8 Å². The second-order valence-corrected chi connectivity index (χ2v) is 8.47. The van der Waals surface area contributed by atoms with E-state index in [-0.39, 0.29) is 18.2 Å². The van der Waals surface area contributed by atoms with Gasteiger partial charge in [0.15, 0.2) is 0 Å². The van der Waals surface area contributed by atoms with Crippen LogP contribution in [0.3, 0.4) is 0 Å². The highest BCUT2D eigenvalue weighted by atomic mass is 16.3. The Balaban J connectivity index is 1.34. The number of carbonyl (C=O) groups excluding carboxylic acids is 3. The number of nitrogens with one attached hydrogen (secondary N) is 2. The zero-order valence-corrected chi connectivity index (χ0v) is 18.8. The van der Waals surface area contributed by atoms with E-state index in [1.807, 2.05) is 36.4 Å². The van der Waals surface area contributed by atoms with Crippen molar-refractivity contribution in [3.05, 3.63) is 89.4 Å². The van der Waals surface area contributed by atoms with E-state index < -0.39 is 5.91 Å². The van der Waals surface area contributed by atoms with Crippen LogP contribution in [0.2, 0.25) is 0 Å². The lowest BCUT2D eigenvalue weighted by Crippen LogP contribution is -2.27. The molecule has 3 aromatic rings. The maximum atomic E-state index is 12.5. The van der Waals surface area contributed by atoms with Crippen LogP contribution in [0.25, 0.3) is 0 Å². The van der Waals surface area contributed by atoms with E-state index in [0.717, 1.165) is 24.2 Å². The molecule has 1 aromatic heterocycles. The maximum Gasteiger partial charge on any atom is 0.251 e. The molecule has 4 N–H and O–H groups in total. The van der Waals surface area contributed by atoms with Crippen LogP contribution in [0.4, 0.5) is 5.69 Å². The van der Waals surface area contributed by atoms with Gasteiger partial charge < -0.3 is 20.8 Å². The van der Waals surface area contributed by atoms with Gasteiger partial charge in [-0.1, -0.05) is 12.1 Å². The van der Waals surface area contributed by atoms with Crippen molar-refractivity contribution in [2.24, 2.45) is 5.73 Å². The zero-order valence-electron chi connectivity index (χ0n) is 18.8. The van der Waals surface area contributed by atoms with Crippen molar-refractivity contribution in [3.8, 4) is 0 Å². The molecule has 176 valence electrons. The lowest BCUT2D eigenvalue weighted by atomic mass is 10.1. The largest absolute Gasteiger partial charge is 0.468 e. The predicted octanol–water partition coefficient (Wildman–Crippen LogP) is 3.30. The van der Waals surface area contributed by atoms with Crippen molar-refractivity contribution >= 4 is 23.4 Å². The predicted molar refractivity (Wildman–Crippen MR) is 128 cm³/mol. The fraction of sp³-hybridized carbons (Fsp3) is 0.269. The number of hydrogen-bond acceptors (Lipinski definition) is 5. The van der Waals surface area contributed by atoms with Gasteiger partial charge in [-0.05, 0) is 66.9 Å². The van der Waals surface area contributed by atoms with E-state index in [2.05, 4.69) is 15.5 Å². The minimum atomic E-state index is -0.511. The molecule has 1 heterocycles. The normalized spacial score (nSPS) is 13.0. The monoisotopic (exact) mass is 460 g/mol. The fourth-order valence-electron chi connectivity index (χ4n) is 3.55. The van der Waals surface area contributed by atoms with Gasteiger partial charge in [0.2, 0.25) is 11.8 Å². The highest BCUT2D eigenvalue weighted by molar-refractivity contribution is 5.95. The molecule has 8 nitrogen and oxygen atoms in total. The van der Waals surface area contributed by atoms with Crippen LogP contribution in [0.1, 0.15) is 51.3 Å². The molecule has 1 aliphatic carbocycles. The summed E-state index contributed by atoms with van der Waals surface area (Å²) >= 11 is 0. The molecule has 0 spiro atoms. The van der Waals surface area contributed by atoms with Crippen molar-refractivity contribution in [3.63, 3.8) is 0 Å². The first-order valence-electron chi connectivity index (χ1n) is 11.3. The number of hydrogen-bond donors (Lipinski definition) is 3. The molecule has 1 saturated carbocycles. The number of furan rings is 1. The van der Waals surface area contributed by atoms with E-state index in [0.29, 0.717) is 42.5 Å². The number of benzene rings is 2. The van der Waals surface area contributed by atoms with Gasteiger partial charge in [-0.25, -0.2) is 0 Å². The van der Waals surface area contributed by atoms with Crippen LogP contribution >= 0.6 is 0 Å². The van der Waals surface area contributed by atoms with Crippen LogP contribution in [-0.2, 0) is 17.9 Å². The fourth-order valence-corrected chi connectivity index (χ4v) is 3.55. The summed E-state index contributed by atoms with van der Waals surface area (Å²) in [5, 5.41) is 5.83. The minimum Gasteiger partial charge on any atom is -0.468 e. The Hall–Kier alpha value is -3.91. The van der Waals surface area contributed by atoms with Crippen molar-refractivity contribution in [1.29, 1.82) is 0 Å². The third-order valence-electron chi connectivity index (χ3n) is 5.60. The third kappa shape index (κ3) is 6.79. The molecule has 1 fully saturated rings. The highest BCUT2D eigenvalue weighted by Gasteiger charge is 2.23. The standard InChI is InChI=1S/C26H28N4O4/c27-25(32)19-7-9-21(10-8-19)28-24(31)13-14-30(17-23-2-1-15-34-23)16-18-3-5-20(6-4-18)26(33)29-22-11-12-22/h1-10,15,22H,11-14,16-17H2,(H2,27,32)(H,28,31)(H,29,33). The van der Waals surface area contributed by atoms with Crippen LogP contribution in [0.5, 0.6) is 0 Å². The number of rotatable bonds is 11. The highest BCUT2D eigenvalue weighted by Crippen LogP contribution is 2.20. The van der Waals surface area contributed by atoms with E-state index in [1.165, 1.54) is 0 Å². The van der Waals surface area contributed by atoms with Gasteiger partial charge in [-0.15, -0.1) is 0 Å². The Morgan fingerprint density at radius 2 is 1.65 bits per heavy atom. The van der Waals surface area contributed by atoms with Gasteiger partial charge >= 0.3 is 0 Å². The summed E-state index contributed by atoms with van der Waals surface area (Å²) in [5.41, 5.74) is 7.93. The summed E-state index contributed by atoms with van der Waals surface area (Å²) in [6.07, 6.45) is 4.01. The zero-order chi connectivity index (χ0) is 23.9. The average Bonchev–Trinajstić information content (AvgIpc) is 3.49. The Morgan fingerprint density at radius 1 is 0.941 bits per heavy atom. The van der Waals surface area contributed by atoms with E-state index >= 15 is 0 Å². The van der Waals surface area contributed by atoms with Gasteiger partial charge in [0.1, 0.15) is 5.76 Å². The topological polar surface area (TPSA) is 118 Å². The van der Waals surface area contributed by atoms with Gasteiger partial charge in [-0.3, -0.25) is 19.3 Å². The summed E-state index contributed by atoms with van der Waals surface area (Å²) in [6.45, 7) is 1.67. The average molecular weight is 461 g/mol. The summed E-state index contributed by atoms with van der Waals surface area (Å²) in [5.74, 6) is 0.122. The molecule has 0 unspecified atom stereocenters. The molecular formula is C26H28N4O4. The third-order valence-corrected chi connectivity index (χ3v) is 5.60. The second-order valence-electron chi connectivity index (χ2n) is 8.47. The van der Waals surface area contributed by atoms with Gasteiger partial charge in [0, 0.05) is 42.4 Å². The van der Waals surface area contributed by atoms with Gasteiger partial charge in [0.25, 0.3) is 5.91 Å². The number of amides is 3. The number of carbonyl (C=O) groups is 3. The van der Waals surface area contributed by atoms with E-state index in [9.17, 15) is 14.4 Å².